The monoisotopic (exact) mass is 292 g/mol. The number of piperidine rings is 1. The number of methoxy groups -OCH3 is 2. The molecule has 2 N–H and O–H groups in total. The van der Waals surface area contributed by atoms with Crippen LogP contribution in [0.1, 0.15) is 29.3 Å². The number of ether oxygens (including phenoxy) is 2. The largest absolute Gasteiger partial charge is 0.465 e. The van der Waals surface area contributed by atoms with Crippen LogP contribution < -0.4 is 5.73 Å². The van der Waals surface area contributed by atoms with Crippen LogP contribution in [0.25, 0.3) is 0 Å². The molecule has 1 aliphatic heterocycles. The molecule has 0 spiro atoms. The Bertz CT molecular complexity index is 504. The average Bonchev–Trinajstić information content (AvgIpc) is 2.48. The molecule has 116 valence electrons. The summed E-state index contributed by atoms with van der Waals surface area (Å²) in [6, 6.07) is 5.53. The second-order valence-electron chi connectivity index (χ2n) is 5.65. The van der Waals surface area contributed by atoms with Crippen molar-refractivity contribution >= 4 is 11.7 Å². The molecule has 2 rings (SSSR count). The van der Waals surface area contributed by atoms with Crippen molar-refractivity contribution < 1.29 is 14.3 Å². The van der Waals surface area contributed by atoms with Crippen LogP contribution in [-0.2, 0) is 16.0 Å². The van der Waals surface area contributed by atoms with E-state index in [0.29, 0.717) is 23.7 Å². The lowest BCUT2D eigenvalue weighted by atomic mass is 9.95. The lowest BCUT2D eigenvalue weighted by molar-refractivity contribution is -0.00754. The van der Waals surface area contributed by atoms with Crippen molar-refractivity contribution in [3.8, 4) is 0 Å². The zero-order valence-corrected chi connectivity index (χ0v) is 13.0. The lowest BCUT2D eigenvalue weighted by Crippen LogP contribution is -2.43. The molecule has 1 aromatic rings. The van der Waals surface area contributed by atoms with Gasteiger partial charge in [0, 0.05) is 25.9 Å². The molecular formula is C16H24N2O3. The SMILES string of the molecule is COC(=O)c1c(N)cccc1CN1CCC(C)C(OC)C1. The number of carbonyl (C=O) groups is 1. The van der Waals surface area contributed by atoms with Crippen LogP contribution in [0, 0.1) is 5.92 Å². The van der Waals surface area contributed by atoms with E-state index in [9.17, 15) is 4.79 Å². The summed E-state index contributed by atoms with van der Waals surface area (Å²) < 4.78 is 10.4. The fraction of sp³-hybridized carbons (Fsp3) is 0.562. The highest BCUT2D eigenvalue weighted by molar-refractivity contribution is 5.96. The van der Waals surface area contributed by atoms with Crippen molar-refractivity contribution in [2.24, 2.45) is 5.92 Å². The van der Waals surface area contributed by atoms with E-state index in [1.54, 1.807) is 13.2 Å². The van der Waals surface area contributed by atoms with E-state index < -0.39 is 0 Å². The Morgan fingerprint density at radius 3 is 2.86 bits per heavy atom. The first-order valence-electron chi connectivity index (χ1n) is 7.27. The summed E-state index contributed by atoms with van der Waals surface area (Å²) in [6.45, 7) is 4.76. The summed E-state index contributed by atoms with van der Waals surface area (Å²) in [5.74, 6) is 0.184. The van der Waals surface area contributed by atoms with Crippen LogP contribution in [0.3, 0.4) is 0 Å². The number of esters is 1. The van der Waals surface area contributed by atoms with Gasteiger partial charge in [0.25, 0.3) is 0 Å². The van der Waals surface area contributed by atoms with Crippen LogP contribution in [-0.4, -0.2) is 44.3 Å². The van der Waals surface area contributed by atoms with Gasteiger partial charge in [0.2, 0.25) is 0 Å². The Labute approximate surface area is 126 Å². The Kier molecular flexibility index (Phi) is 5.20. The van der Waals surface area contributed by atoms with Gasteiger partial charge >= 0.3 is 5.97 Å². The zero-order chi connectivity index (χ0) is 15.4. The first-order valence-corrected chi connectivity index (χ1v) is 7.27. The van der Waals surface area contributed by atoms with Gasteiger partial charge in [-0.25, -0.2) is 4.79 Å². The molecule has 0 aromatic heterocycles. The Balaban J connectivity index is 2.16. The van der Waals surface area contributed by atoms with Gasteiger partial charge in [0.05, 0.1) is 18.8 Å². The number of hydrogen-bond donors (Lipinski definition) is 1. The summed E-state index contributed by atoms with van der Waals surface area (Å²) >= 11 is 0. The maximum Gasteiger partial charge on any atom is 0.340 e. The fourth-order valence-electron chi connectivity index (χ4n) is 2.89. The molecule has 0 radical (unpaired) electrons. The molecule has 0 amide bonds. The van der Waals surface area contributed by atoms with Gasteiger partial charge in [-0.2, -0.15) is 0 Å². The van der Waals surface area contributed by atoms with Crippen molar-refractivity contribution in [2.45, 2.75) is 26.0 Å². The molecule has 1 saturated heterocycles. The lowest BCUT2D eigenvalue weighted by Gasteiger charge is -2.36. The molecule has 1 fully saturated rings. The third-order valence-corrected chi connectivity index (χ3v) is 4.24. The summed E-state index contributed by atoms with van der Waals surface area (Å²) in [4.78, 5) is 14.2. The van der Waals surface area contributed by atoms with Crippen LogP contribution in [0.5, 0.6) is 0 Å². The van der Waals surface area contributed by atoms with E-state index in [4.69, 9.17) is 15.2 Å². The molecular weight excluding hydrogens is 268 g/mol. The van der Waals surface area contributed by atoms with E-state index in [0.717, 1.165) is 25.1 Å². The van der Waals surface area contributed by atoms with Crippen LogP contribution in [0.2, 0.25) is 0 Å². The molecule has 1 aliphatic rings. The van der Waals surface area contributed by atoms with Crippen LogP contribution in [0.4, 0.5) is 5.69 Å². The minimum atomic E-state index is -0.378. The molecule has 0 aliphatic carbocycles. The Morgan fingerprint density at radius 1 is 1.43 bits per heavy atom. The zero-order valence-electron chi connectivity index (χ0n) is 13.0. The number of anilines is 1. The number of likely N-dealkylation sites (tertiary alicyclic amines) is 1. The third-order valence-electron chi connectivity index (χ3n) is 4.24. The topological polar surface area (TPSA) is 64.8 Å². The predicted octanol–water partition coefficient (Wildman–Crippen LogP) is 1.91. The average molecular weight is 292 g/mol. The van der Waals surface area contributed by atoms with Gasteiger partial charge in [-0.05, 0) is 30.5 Å². The summed E-state index contributed by atoms with van der Waals surface area (Å²) in [5.41, 5.74) is 7.79. The Hall–Kier alpha value is -1.59. The number of hydrogen-bond acceptors (Lipinski definition) is 5. The number of nitrogen functional groups attached to an aromatic ring is 1. The third kappa shape index (κ3) is 3.54. The maximum absolute atomic E-state index is 11.9. The highest BCUT2D eigenvalue weighted by Gasteiger charge is 2.27. The number of nitrogens with zero attached hydrogens (tertiary/aromatic N) is 1. The van der Waals surface area contributed by atoms with Gasteiger partial charge in [-0.1, -0.05) is 19.1 Å². The smallest absolute Gasteiger partial charge is 0.340 e. The minimum Gasteiger partial charge on any atom is -0.465 e. The molecule has 5 nitrogen and oxygen atoms in total. The summed E-state index contributed by atoms with van der Waals surface area (Å²) in [7, 11) is 3.13. The van der Waals surface area contributed by atoms with Gasteiger partial charge in [-0.3, -0.25) is 4.90 Å². The van der Waals surface area contributed by atoms with E-state index in [1.807, 2.05) is 12.1 Å². The van der Waals surface area contributed by atoms with E-state index in [1.165, 1.54) is 7.11 Å². The second-order valence-corrected chi connectivity index (χ2v) is 5.65. The quantitative estimate of drug-likeness (QED) is 0.678. The van der Waals surface area contributed by atoms with Crippen molar-refractivity contribution in [3.05, 3.63) is 29.3 Å². The number of rotatable bonds is 4. The van der Waals surface area contributed by atoms with Gasteiger partial charge in [-0.15, -0.1) is 0 Å². The second kappa shape index (κ2) is 6.91. The van der Waals surface area contributed by atoms with Crippen LogP contribution in [0.15, 0.2) is 18.2 Å². The normalized spacial score (nSPS) is 23.0. The molecule has 0 bridgehead atoms. The van der Waals surface area contributed by atoms with E-state index >= 15 is 0 Å². The molecule has 1 heterocycles. The summed E-state index contributed by atoms with van der Waals surface area (Å²) in [5, 5.41) is 0. The number of benzene rings is 1. The van der Waals surface area contributed by atoms with Gasteiger partial charge < -0.3 is 15.2 Å². The van der Waals surface area contributed by atoms with E-state index in [-0.39, 0.29) is 12.1 Å². The molecule has 2 atom stereocenters. The molecule has 0 saturated carbocycles. The standard InChI is InChI=1S/C16H24N2O3/c1-11-7-8-18(10-14(11)20-2)9-12-5-4-6-13(17)15(12)16(19)21-3/h4-6,11,14H,7-10,17H2,1-3H3. The maximum atomic E-state index is 11.9. The number of carbonyl (C=O) groups excluding carboxylic acids is 1. The highest BCUT2D eigenvalue weighted by atomic mass is 16.5. The van der Waals surface area contributed by atoms with Crippen molar-refractivity contribution in [1.29, 1.82) is 0 Å². The molecule has 21 heavy (non-hydrogen) atoms. The molecule has 5 heteroatoms. The number of nitrogens with two attached hydrogens (primary N) is 1. The predicted molar refractivity (Wildman–Crippen MR) is 82.0 cm³/mol. The first-order chi connectivity index (χ1) is 10.1. The van der Waals surface area contributed by atoms with Gasteiger partial charge in [0.1, 0.15) is 0 Å². The van der Waals surface area contributed by atoms with Crippen molar-refractivity contribution in [1.82, 2.24) is 4.90 Å². The van der Waals surface area contributed by atoms with Gasteiger partial charge in [0.15, 0.2) is 0 Å². The Morgan fingerprint density at radius 2 is 2.19 bits per heavy atom. The minimum absolute atomic E-state index is 0.237. The van der Waals surface area contributed by atoms with E-state index in [2.05, 4.69) is 11.8 Å². The van der Waals surface area contributed by atoms with Crippen molar-refractivity contribution in [2.75, 3.05) is 33.0 Å². The van der Waals surface area contributed by atoms with Crippen LogP contribution >= 0.6 is 0 Å². The molecule has 1 aromatic carbocycles. The van der Waals surface area contributed by atoms with Crippen molar-refractivity contribution in [3.63, 3.8) is 0 Å². The summed E-state index contributed by atoms with van der Waals surface area (Å²) in [6.07, 6.45) is 1.33. The first kappa shape index (κ1) is 15.8. The fourth-order valence-corrected chi connectivity index (χ4v) is 2.89. The highest BCUT2D eigenvalue weighted by Crippen LogP contribution is 2.24. The molecule has 2 unspecified atom stereocenters.